The smallest absolute Gasteiger partial charge is 0.264 e. The van der Waals surface area contributed by atoms with E-state index in [1.54, 1.807) is 31.5 Å². The first kappa shape index (κ1) is 18.7. The fourth-order valence-corrected chi connectivity index (χ4v) is 3.40. The molecule has 0 aliphatic rings. The van der Waals surface area contributed by atoms with Crippen LogP contribution in [0.4, 0.5) is 5.13 Å². The molecule has 0 saturated heterocycles. The van der Waals surface area contributed by atoms with E-state index in [-0.39, 0.29) is 12.5 Å². The number of aromatic nitrogens is 1. The summed E-state index contributed by atoms with van der Waals surface area (Å²) in [6.07, 6.45) is 1.72. The third-order valence-electron chi connectivity index (χ3n) is 3.39. The first-order valence-corrected chi connectivity index (χ1v) is 9.52. The van der Waals surface area contributed by atoms with Gasteiger partial charge in [0.25, 0.3) is 5.91 Å². The van der Waals surface area contributed by atoms with Gasteiger partial charge in [-0.25, -0.2) is 4.98 Å². The van der Waals surface area contributed by atoms with Crippen molar-refractivity contribution in [2.45, 2.75) is 0 Å². The van der Waals surface area contributed by atoms with Crippen molar-refractivity contribution in [2.75, 3.05) is 19.0 Å². The molecule has 5 nitrogen and oxygen atoms in total. The number of thiazole rings is 1. The summed E-state index contributed by atoms with van der Waals surface area (Å²) in [4.78, 5) is 17.2. The Morgan fingerprint density at radius 1 is 1.23 bits per heavy atom. The molecular weight excluding hydrogens is 440 g/mol. The Kier molecular flexibility index (Phi) is 6.13. The molecule has 0 spiro atoms. The van der Waals surface area contributed by atoms with Gasteiger partial charge in [-0.05, 0) is 64.0 Å². The standard InChI is InChI=1S/C18H14BrClN2O3S/c1-24-12-4-2-11(3-5-12)16-9-21-18(26-16)22-17(23)10-25-13-6-7-15(20)14(19)8-13/h2-9H,10H2,1H3,(H,21,22,23). The first-order chi connectivity index (χ1) is 12.5. The molecule has 0 saturated carbocycles. The summed E-state index contributed by atoms with van der Waals surface area (Å²) < 4.78 is 11.3. The van der Waals surface area contributed by atoms with Crippen LogP contribution < -0.4 is 14.8 Å². The third-order valence-corrected chi connectivity index (χ3v) is 5.56. The van der Waals surface area contributed by atoms with E-state index < -0.39 is 0 Å². The van der Waals surface area contributed by atoms with Gasteiger partial charge in [-0.3, -0.25) is 10.1 Å². The molecule has 0 bridgehead atoms. The lowest BCUT2D eigenvalue weighted by molar-refractivity contribution is -0.118. The van der Waals surface area contributed by atoms with Crippen LogP contribution in [0.3, 0.4) is 0 Å². The van der Waals surface area contributed by atoms with E-state index in [1.165, 1.54) is 11.3 Å². The quantitative estimate of drug-likeness (QED) is 0.553. The van der Waals surface area contributed by atoms with E-state index in [0.29, 0.717) is 20.4 Å². The number of nitrogens with one attached hydrogen (secondary N) is 1. The Morgan fingerprint density at radius 3 is 2.65 bits per heavy atom. The number of amides is 1. The molecule has 1 aromatic heterocycles. The molecular formula is C18H14BrClN2O3S. The molecule has 0 unspecified atom stereocenters. The van der Waals surface area contributed by atoms with Crippen molar-refractivity contribution in [1.82, 2.24) is 4.98 Å². The van der Waals surface area contributed by atoms with Crippen molar-refractivity contribution in [3.05, 3.63) is 58.2 Å². The number of carbonyl (C=O) groups excluding carboxylic acids is 1. The Bertz CT molecular complexity index is 915. The van der Waals surface area contributed by atoms with Crippen LogP contribution in [-0.2, 0) is 4.79 Å². The number of rotatable bonds is 6. The van der Waals surface area contributed by atoms with Crippen molar-refractivity contribution in [3.63, 3.8) is 0 Å². The maximum atomic E-state index is 12.0. The molecule has 3 aromatic rings. The van der Waals surface area contributed by atoms with Gasteiger partial charge < -0.3 is 9.47 Å². The molecule has 1 amide bonds. The molecule has 134 valence electrons. The normalized spacial score (nSPS) is 10.4. The molecule has 1 N–H and O–H groups in total. The van der Waals surface area contributed by atoms with Crippen LogP contribution in [0.2, 0.25) is 5.02 Å². The maximum absolute atomic E-state index is 12.0. The highest BCUT2D eigenvalue weighted by molar-refractivity contribution is 9.10. The van der Waals surface area contributed by atoms with Gasteiger partial charge in [-0.15, -0.1) is 0 Å². The van der Waals surface area contributed by atoms with Gasteiger partial charge in [0, 0.05) is 10.7 Å². The predicted octanol–water partition coefficient (Wildman–Crippen LogP) is 5.25. The number of methoxy groups -OCH3 is 1. The zero-order valence-electron chi connectivity index (χ0n) is 13.7. The number of benzene rings is 2. The first-order valence-electron chi connectivity index (χ1n) is 7.53. The second kappa shape index (κ2) is 8.53. The summed E-state index contributed by atoms with van der Waals surface area (Å²) in [5.41, 5.74) is 1.01. The number of anilines is 1. The van der Waals surface area contributed by atoms with Crippen molar-refractivity contribution >= 4 is 49.9 Å². The molecule has 0 atom stereocenters. The second-order valence-corrected chi connectivity index (χ2v) is 7.46. The molecule has 0 radical (unpaired) electrons. The minimum Gasteiger partial charge on any atom is -0.497 e. The number of carbonyl (C=O) groups is 1. The number of hydrogen-bond acceptors (Lipinski definition) is 5. The Balaban J connectivity index is 1.57. The van der Waals surface area contributed by atoms with E-state index in [2.05, 4.69) is 26.2 Å². The Labute approximate surface area is 168 Å². The molecule has 8 heteroatoms. The lowest BCUT2D eigenvalue weighted by atomic mass is 10.2. The Hall–Kier alpha value is -2.09. The van der Waals surface area contributed by atoms with Crippen molar-refractivity contribution in [3.8, 4) is 21.9 Å². The van der Waals surface area contributed by atoms with Gasteiger partial charge in [0.15, 0.2) is 11.7 Å². The van der Waals surface area contributed by atoms with Gasteiger partial charge >= 0.3 is 0 Å². The van der Waals surface area contributed by atoms with E-state index in [4.69, 9.17) is 21.1 Å². The lowest BCUT2D eigenvalue weighted by Gasteiger charge is -2.06. The fraction of sp³-hybridized carbons (Fsp3) is 0.111. The average Bonchev–Trinajstić information content (AvgIpc) is 3.11. The van der Waals surface area contributed by atoms with Gasteiger partial charge in [0.2, 0.25) is 0 Å². The summed E-state index contributed by atoms with van der Waals surface area (Å²) >= 11 is 10.6. The van der Waals surface area contributed by atoms with Crippen LogP contribution >= 0.6 is 38.9 Å². The summed E-state index contributed by atoms with van der Waals surface area (Å²) in [5.74, 6) is 1.05. The largest absolute Gasteiger partial charge is 0.497 e. The van der Waals surface area contributed by atoms with Crippen molar-refractivity contribution in [2.24, 2.45) is 0 Å². The SMILES string of the molecule is COc1ccc(-c2cnc(NC(=O)COc3ccc(Cl)c(Br)c3)s2)cc1. The van der Waals surface area contributed by atoms with Crippen LogP contribution in [0, 0.1) is 0 Å². The molecule has 0 aliphatic heterocycles. The zero-order valence-corrected chi connectivity index (χ0v) is 16.8. The summed E-state index contributed by atoms with van der Waals surface area (Å²) in [5, 5.41) is 3.83. The van der Waals surface area contributed by atoms with Crippen molar-refractivity contribution < 1.29 is 14.3 Å². The van der Waals surface area contributed by atoms with Gasteiger partial charge in [-0.2, -0.15) is 0 Å². The minimum atomic E-state index is -0.285. The molecule has 1 heterocycles. The van der Waals surface area contributed by atoms with Crippen LogP contribution in [0.25, 0.3) is 10.4 Å². The average molecular weight is 454 g/mol. The zero-order chi connectivity index (χ0) is 18.5. The van der Waals surface area contributed by atoms with Crippen LogP contribution in [0.5, 0.6) is 11.5 Å². The molecule has 2 aromatic carbocycles. The number of halogens is 2. The molecule has 3 rings (SSSR count). The predicted molar refractivity (Wildman–Crippen MR) is 107 cm³/mol. The Morgan fingerprint density at radius 2 is 1.96 bits per heavy atom. The summed E-state index contributed by atoms with van der Waals surface area (Å²) in [6, 6.07) is 12.8. The number of hydrogen-bond donors (Lipinski definition) is 1. The monoisotopic (exact) mass is 452 g/mol. The molecule has 0 fully saturated rings. The topological polar surface area (TPSA) is 60.5 Å². The highest BCUT2D eigenvalue weighted by atomic mass is 79.9. The van der Waals surface area contributed by atoms with E-state index in [1.807, 2.05) is 24.3 Å². The van der Waals surface area contributed by atoms with Crippen LogP contribution in [-0.4, -0.2) is 24.6 Å². The fourth-order valence-electron chi connectivity index (χ4n) is 2.09. The third kappa shape index (κ3) is 4.75. The minimum absolute atomic E-state index is 0.120. The van der Waals surface area contributed by atoms with E-state index in [9.17, 15) is 4.79 Å². The van der Waals surface area contributed by atoms with E-state index >= 15 is 0 Å². The van der Waals surface area contributed by atoms with Crippen LogP contribution in [0.15, 0.2) is 53.1 Å². The lowest BCUT2D eigenvalue weighted by Crippen LogP contribution is -2.19. The summed E-state index contributed by atoms with van der Waals surface area (Å²) in [6.45, 7) is -0.120. The number of ether oxygens (including phenoxy) is 2. The van der Waals surface area contributed by atoms with Crippen LogP contribution in [0.1, 0.15) is 0 Å². The molecule has 0 aliphatic carbocycles. The summed E-state index contributed by atoms with van der Waals surface area (Å²) in [7, 11) is 1.63. The maximum Gasteiger partial charge on any atom is 0.264 e. The molecule has 26 heavy (non-hydrogen) atoms. The van der Waals surface area contributed by atoms with Gasteiger partial charge in [0.1, 0.15) is 11.5 Å². The van der Waals surface area contributed by atoms with Gasteiger partial charge in [-0.1, -0.05) is 22.9 Å². The number of nitrogens with zero attached hydrogens (tertiary/aromatic N) is 1. The van der Waals surface area contributed by atoms with E-state index in [0.717, 1.165) is 16.2 Å². The highest BCUT2D eigenvalue weighted by Gasteiger charge is 2.09. The van der Waals surface area contributed by atoms with Crippen molar-refractivity contribution in [1.29, 1.82) is 0 Å². The van der Waals surface area contributed by atoms with Gasteiger partial charge in [0.05, 0.1) is 17.0 Å². The highest BCUT2D eigenvalue weighted by Crippen LogP contribution is 2.30. The second-order valence-electron chi connectivity index (χ2n) is 5.17.